The normalized spacial score (nSPS) is 18.7. The van der Waals surface area contributed by atoms with Gasteiger partial charge in [-0.1, -0.05) is 6.07 Å². The van der Waals surface area contributed by atoms with Crippen molar-refractivity contribution in [3.05, 3.63) is 47.5 Å². The Bertz CT molecular complexity index is 699. The topological polar surface area (TPSA) is 75.1 Å². The molecule has 1 amide bonds. The van der Waals surface area contributed by atoms with Crippen molar-refractivity contribution >= 4 is 5.91 Å². The number of rotatable bonds is 5. The third-order valence-electron chi connectivity index (χ3n) is 4.92. The first-order chi connectivity index (χ1) is 12.3. The average Bonchev–Trinajstić information content (AvgIpc) is 3.30. The molecule has 25 heavy (non-hydrogen) atoms. The number of carbonyl (C=O) groups excluding carboxylic acids is 1. The molecule has 2 aliphatic heterocycles. The summed E-state index contributed by atoms with van der Waals surface area (Å²) in [6.45, 7) is 5.04. The molecule has 0 aromatic carbocycles. The lowest BCUT2D eigenvalue weighted by molar-refractivity contribution is -0.126. The van der Waals surface area contributed by atoms with E-state index in [1.807, 2.05) is 16.8 Å². The highest BCUT2D eigenvalue weighted by Gasteiger charge is 2.29. The van der Waals surface area contributed by atoms with Gasteiger partial charge in [-0.2, -0.15) is 5.10 Å². The summed E-state index contributed by atoms with van der Waals surface area (Å²) in [6.07, 6.45) is 5.82. The summed E-state index contributed by atoms with van der Waals surface area (Å²) in [7, 11) is 0. The van der Waals surface area contributed by atoms with Gasteiger partial charge in [0.15, 0.2) is 0 Å². The van der Waals surface area contributed by atoms with Crippen LogP contribution in [0.1, 0.15) is 35.8 Å². The first-order valence-electron chi connectivity index (χ1n) is 8.99. The molecule has 0 unspecified atom stereocenters. The molecule has 0 radical (unpaired) electrons. The average molecular weight is 340 g/mol. The van der Waals surface area contributed by atoms with Crippen LogP contribution in [0.15, 0.2) is 30.6 Å². The van der Waals surface area contributed by atoms with Crippen LogP contribution in [0.5, 0.6) is 0 Å². The van der Waals surface area contributed by atoms with Gasteiger partial charge in [0.2, 0.25) is 5.91 Å². The lowest BCUT2D eigenvalue weighted by Gasteiger charge is -2.26. The molecule has 4 heterocycles. The van der Waals surface area contributed by atoms with Gasteiger partial charge < -0.3 is 10.6 Å². The van der Waals surface area contributed by atoms with Crippen molar-refractivity contribution in [2.75, 3.05) is 19.6 Å². The second kappa shape index (κ2) is 7.33. The quantitative estimate of drug-likeness (QED) is 0.843. The molecular formula is C18H24N6O. The maximum atomic E-state index is 12.9. The van der Waals surface area contributed by atoms with E-state index in [4.69, 9.17) is 0 Å². The summed E-state index contributed by atoms with van der Waals surface area (Å²) in [4.78, 5) is 19.4. The maximum Gasteiger partial charge on any atom is 0.242 e. The Kier molecular flexibility index (Phi) is 4.76. The van der Waals surface area contributed by atoms with E-state index in [9.17, 15) is 4.79 Å². The van der Waals surface area contributed by atoms with Crippen molar-refractivity contribution in [2.24, 2.45) is 0 Å². The van der Waals surface area contributed by atoms with E-state index in [1.165, 1.54) is 5.69 Å². The first-order valence-corrected chi connectivity index (χ1v) is 8.99. The molecule has 1 saturated heterocycles. The summed E-state index contributed by atoms with van der Waals surface area (Å²) < 4.78 is 2.02. The summed E-state index contributed by atoms with van der Waals surface area (Å²) in [6, 6.07) is 5.68. The van der Waals surface area contributed by atoms with Crippen molar-refractivity contribution in [3.63, 3.8) is 0 Å². The smallest absolute Gasteiger partial charge is 0.242 e. The van der Waals surface area contributed by atoms with Crippen LogP contribution in [0, 0.1) is 0 Å². The number of hydrogen-bond acceptors (Lipinski definition) is 5. The van der Waals surface area contributed by atoms with Crippen molar-refractivity contribution in [1.29, 1.82) is 0 Å². The van der Waals surface area contributed by atoms with E-state index in [0.29, 0.717) is 6.54 Å². The predicted octanol–water partition coefficient (Wildman–Crippen LogP) is 0.835. The number of nitrogens with one attached hydrogen (secondary N) is 2. The number of pyridine rings is 1. The van der Waals surface area contributed by atoms with Crippen molar-refractivity contribution < 1.29 is 4.79 Å². The summed E-state index contributed by atoms with van der Waals surface area (Å²) in [5.74, 6) is 0.0268. The minimum atomic E-state index is -0.268. The van der Waals surface area contributed by atoms with Crippen molar-refractivity contribution in [2.45, 2.75) is 38.5 Å². The Morgan fingerprint density at radius 3 is 2.96 bits per heavy atom. The summed E-state index contributed by atoms with van der Waals surface area (Å²) in [5.41, 5.74) is 3.05. The van der Waals surface area contributed by atoms with Crippen LogP contribution in [0.3, 0.4) is 0 Å². The molecule has 2 aliphatic rings. The monoisotopic (exact) mass is 340 g/mol. The Morgan fingerprint density at radius 1 is 1.32 bits per heavy atom. The number of nitrogens with zero attached hydrogens (tertiary/aromatic N) is 4. The molecule has 7 heteroatoms. The van der Waals surface area contributed by atoms with Gasteiger partial charge in [-0.05, 0) is 43.6 Å². The van der Waals surface area contributed by atoms with Gasteiger partial charge in [0.25, 0.3) is 0 Å². The second-order valence-electron chi connectivity index (χ2n) is 6.68. The molecule has 0 saturated carbocycles. The van der Waals surface area contributed by atoms with E-state index in [2.05, 4.69) is 31.7 Å². The van der Waals surface area contributed by atoms with Crippen LogP contribution in [-0.2, 0) is 24.4 Å². The first kappa shape index (κ1) is 16.2. The van der Waals surface area contributed by atoms with E-state index in [1.54, 1.807) is 12.4 Å². The van der Waals surface area contributed by atoms with Gasteiger partial charge in [0, 0.05) is 25.5 Å². The molecule has 7 nitrogen and oxygen atoms in total. The number of amides is 1. The summed E-state index contributed by atoms with van der Waals surface area (Å²) >= 11 is 0. The molecular weight excluding hydrogens is 316 g/mol. The van der Waals surface area contributed by atoms with Gasteiger partial charge in [-0.25, -0.2) is 0 Å². The zero-order valence-corrected chi connectivity index (χ0v) is 14.3. The predicted molar refractivity (Wildman–Crippen MR) is 93.6 cm³/mol. The minimum absolute atomic E-state index is 0.0268. The van der Waals surface area contributed by atoms with E-state index in [0.717, 1.165) is 56.8 Å². The highest BCUT2D eigenvalue weighted by Crippen LogP contribution is 2.25. The molecule has 2 N–H and O–H groups in total. The fourth-order valence-corrected chi connectivity index (χ4v) is 3.68. The number of likely N-dealkylation sites (tertiary alicyclic amines) is 1. The zero-order chi connectivity index (χ0) is 17.1. The number of fused-ring (bicyclic) bond motifs is 1. The van der Waals surface area contributed by atoms with Crippen LogP contribution in [0.25, 0.3) is 0 Å². The zero-order valence-electron chi connectivity index (χ0n) is 14.3. The second-order valence-corrected chi connectivity index (χ2v) is 6.68. The van der Waals surface area contributed by atoms with Gasteiger partial charge in [-0.3, -0.25) is 19.4 Å². The van der Waals surface area contributed by atoms with Crippen LogP contribution < -0.4 is 10.6 Å². The molecule has 4 rings (SSSR count). The van der Waals surface area contributed by atoms with Gasteiger partial charge in [0.1, 0.15) is 6.04 Å². The number of aromatic nitrogens is 3. The van der Waals surface area contributed by atoms with Crippen LogP contribution in [0.4, 0.5) is 0 Å². The Hall–Kier alpha value is -2.25. The van der Waals surface area contributed by atoms with Gasteiger partial charge >= 0.3 is 0 Å². The molecule has 2 aromatic rings. The molecule has 0 spiro atoms. The highest BCUT2D eigenvalue weighted by atomic mass is 16.2. The van der Waals surface area contributed by atoms with Crippen molar-refractivity contribution in [3.8, 4) is 0 Å². The Morgan fingerprint density at radius 2 is 2.20 bits per heavy atom. The Labute approximate surface area is 147 Å². The lowest BCUT2D eigenvalue weighted by atomic mass is 10.1. The molecule has 1 atom stereocenters. The molecule has 0 bridgehead atoms. The maximum absolute atomic E-state index is 12.9. The van der Waals surface area contributed by atoms with Gasteiger partial charge in [-0.15, -0.1) is 0 Å². The van der Waals surface area contributed by atoms with Crippen LogP contribution in [-0.4, -0.2) is 45.2 Å². The van der Waals surface area contributed by atoms with Gasteiger partial charge in [0.05, 0.1) is 24.5 Å². The number of carbonyl (C=O) groups is 1. The van der Waals surface area contributed by atoms with E-state index >= 15 is 0 Å². The molecule has 0 aliphatic carbocycles. The molecule has 1 fully saturated rings. The highest BCUT2D eigenvalue weighted by molar-refractivity contribution is 5.83. The molecule has 132 valence electrons. The third kappa shape index (κ3) is 3.57. The lowest BCUT2D eigenvalue weighted by Crippen LogP contribution is -2.39. The minimum Gasteiger partial charge on any atom is -0.349 e. The van der Waals surface area contributed by atoms with E-state index < -0.39 is 0 Å². The van der Waals surface area contributed by atoms with Crippen LogP contribution >= 0.6 is 0 Å². The fourth-order valence-electron chi connectivity index (χ4n) is 3.68. The summed E-state index contributed by atoms with van der Waals surface area (Å²) in [5, 5.41) is 11.0. The third-order valence-corrected chi connectivity index (χ3v) is 4.92. The standard InChI is InChI=1S/C18H24N6O/c25-18(21-12-15-10-16-13-20-6-9-24(16)22-15)17(23-7-1-2-8-23)14-4-3-5-19-11-14/h3-5,10-11,17,20H,1-2,6-9,12-13H2,(H,21,25)/t17-/m1/s1. The fraction of sp³-hybridized carbons (Fsp3) is 0.500. The molecule has 2 aromatic heterocycles. The SMILES string of the molecule is O=C(NCc1cc2n(n1)CCNC2)[C@@H](c1cccnc1)N1CCCC1. The largest absolute Gasteiger partial charge is 0.349 e. The van der Waals surface area contributed by atoms with Crippen molar-refractivity contribution in [1.82, 2.24) is 30.3 Å². The Balaban J connectivity index is 1.46. The number of hydrogen-bond donors (Lipinski definition) is 2. The van der Waals surface area contributed by atoms with Crippen LogP contribution in [0.2, 0.25) is 0 Å². The van der Waals surface area contributed by atoms with E-state index in [-0.39, 0.29) is 11.9 Å².